The van der Waals surface area contributed by atoms with Gasteiger partial charge in [-0.2, -0.15) is 5.26 Å². The third kappa shape index (κ3) is 3.88. The Bertz CT molecular complexity index is 1040. The van der Waals surface area contributed by atoms with Gasteiger partial charge in [-0.05, 0) is 36.2 Å². The number of fused-ring (bicyclic) bond motifs is 1. The first-order valence-corrected chi connectivity index (χ1v) is 8.96. The zero-order chi connectivity index (χ0) is 19.4. The average molecular weight is 383 g/mol. The number of nitriles is 1. The second kappa shape index (κ2) is 8.11. The molecule has 0 radical (unpaired) electrons. The molecule has 2 heterocycles. The summed E-state index contributed by atoms with van der Waals surface area (Å²) >= 11 is 6.11. The number of carbonyl (C=O) groups is 1. The molecule has 27 heavy (non-hydrogen) atoms. The number of aromatic nitrogens is 2. The Morgan fingerprint density at radius 3 is 2.93 bits per heavy atom. The molecule has 7 heteroatoms. The Hall–Kier alpha value is -3.04. The molecular formula is C20H19ClN4O2. The van der Waals surface area contributed by atoms with Crippen LogP contribution in [-0.4, -0.2) is 22.3 Å². The normalized spacial score (nSPS) is 10.6. The van der Waals surface area contributed by atoms with Crippen molar-refractivity contribution in [3.05, 3.63) is 52.8 Å². The average Bonchev–Trinajstić information content (AvgIpc) is 2.96. The minimum Gasteiger partial charge on any atom is -0.450 e. The van der Waals surface area contributed by atoms with Crippen LogP contribution >= 0.6 is 11.6 Å². The van der Waals surface area contributed by atoms with Crippen molar-refractivity contribution in [2.45, 2.75) is 19.9 Å². The van der Waals surface area contributed by atoms with E-state index < -0.39 is 6.09 Å². The predicted octanol–water partition coefficient (Wildman–Crippen LogP) is 4.40. The van der Waals surface area contributed by atoms with Crippen molar-refractivity contribution in [3.63, 3.8) is 0 Å². The van der Waals surface area contributed by atoms with Crippen LogP contribution in [0, 0.1) is 11.3 Å². The first kappa shape index (κ1) is 18.7. The van der Waals surface area contributed by atoms with Crippen LogP contribution in [0.2, 0.25) is 5.02 Å². The Balaban J connectivity index is 1.95. The number of nitrogens with zero attached hydrogens (tertiary/aromatic N) is 3. The second-order valence-electron chi connectivity index (χ2n) is 6.13. The number of hydrogen-bond acceptors (Lipinski definition) is 4. The van der Waals surface area contributed by atoms with Gasteiger partial charge in [-0.15, -0.1) is 0 Å². The summed E-state index contributed by atoms with van der Waals surface area (Å²) in [5.74, 6) is 0. The number of benzene rings is 1. The highest BCUT2D eigenvalue weighted by Gasteiger charge is 2.17. The Labute approximate surface area is 162 Å². The van der Waals surface area contributed by atoms with Crippen molar-refractivity contribution in [3.8, 4) is 17.3 Å². The summed E-state index contributed by atoms with van der Waals surface area (Å²) in [6, 6.07) is 9.65. The van der Waals surface area contributed by atoms with E-state index in [1.807, 2.05) is 36.7 Å². The molecule has 6 nitrogen and oxygen atoms in total. The molecule has 0 saturated heterocycles. The smallest absolute Gasteiger partial charge is 0.407 e. The molecule has 0 aliphatic rings. The van der Waals surface area contributed by atoms with E-state index in [9.17, 15) is 10.1 Å². The van der Waals surface area contributed by atoms with Crippen LogP contribution in [-0.2, 0) is 18.3 Å². The molecular weight excluding hydrogens is 364 g/mol. The first-order valence-electron chi connectivity index (χ1n) is 8.58. The molecule has 1 amide bonds. The van der Waals surface area contributed by atoms with E-state index in [1.165, 1.54) is 0 Å². The maximum Gasteiger partial charge on any atom is 0.407 e. The maximum atomic E-state index is 11.6. The predicted molar refractivity (Wildman–Crippen MR) is 104 cm³/mol. The van der Waals surface area contributed by atoms with E-state index in [2.05, 4.69) is 16.4 Å². The van der Waals surface area contributed by atoms with Crippen LogP contribution in [0.5, 0.6) is 0 Å². The van der Waals surface area contributed by atoms with E-state index in [4.69, 9.17) is 16.3 Å². The van der Waals surface area contributed by atoms with Crippen molar-refractivity contribution in [1.29, 1.82) is 5.26 Å². The summed E-state index contributed by atoms with van der Waals surface area (Å²) in [7, 11) is 1.89. The van der Waals surface area contributed by atoms with Crippen LogP contribution in [0.1, 0.15) is 24.5 Å². The number of rotatable bonds is 5. The number of aryl methyl sites for hydroxylation is 1. The number of amides is 1. The van der Waals surface area contributed by atoms with Crippen molar-refractivity contribution in [2.24, 2.45) is 7.05 Å². The fourth-order valence-corrected chi connectivity index (χ4v) is 3.16. The largest absolute Gasteiger partial charge is 0.450 e. The van der Waals surface area contributed by atoms with E-state index in [1.54, 1.807) is 18.5 Å². The molecule has 0 bridgehead atoms. The van der Waals surface area contributed by atoms with E-state index >= 15 is 0 Å². The van der Waals surface area contributed by atoms with Crippen molar-refractivity contribution in [1.82, 2.24) is 14.9 Å². The summed E-state index contributed by atoms with van der Waals surface area (Å²) in [5, 5.41) is 13.8. The summed E-state index contributed by atoms with van der Waals surface area (Å²) in [5.41, 5.74) is 3.81. The van der Waals surface area contributed by atoms with Crippen molar-refractivity contribution < 1.29 is 9.53 Å². The van der Waals surface area contributed by atoms with E-state index in [-0.39, 0.29) is 0 Å². The van der Waals surface area contributed by atoms with Crippen LogP contribution in [0.15, 0.2) is 36.7 Å². The molecule has 0 saturated carbocycles. The topological polar surface area (TPSA) is 79.9 Å². The van der Waals surface area contributed by atoms with Gasteiger partial charge in [0.25, 0.3) is 0 Å². The molecule has 0 fully saturated rings. The number of halogens is 1. The zero-order valence-corrected chi connectivity index (χ0v) is 15.9. The fourth-order valence-electron chi connectivity index (χ4n) is 2.99. The van der Waals surface area contributed by atoms with Gasteiger partial charge >= 0.3 is 6.09 Å². The van der Waals surface area contributed by atoms with Crippen LogP contribution in [0.3, 0.4) is 0 Å². The lowest BCUT2D eigenvalue weighted by Gasteiger charge is -2.09. The van der Waals surface area contributed by atoms with Gasteiger partial charge in [-0.25, -0.2) is 4.79 Å². The van der Waals surface area contributed by atoms with Gasteiger partial charge in [0, 0.05) is 42.0 Å². The second-order valence-corrected chi connectivity index (χ2v) is 6.56. The molecule has 3 rings (SSSR count). The van der Waals surface area contributed by atoms with Gasteiger partial charge in [0.1, 0.15) is 6.07 Å². The van der Waals surface area contributed by atoms with Gasteiger partial charge in [0.05, 0.1) is 23.4 Å². The lowest BCUT2D eigenvalue weighted by molar-refractivity contribution is 0.146. The monoisotopic (exact) mass is 382 g/mol. The van der Waals surface area contributed by atoms with Gasteiger partial charge in [-0.3, -0.25) is 4.98 Å². The zero-order valence-electron chi connectivity index (χ0n) is 15.1. The minimum atomic E-state index is -0.459. The minimum absolute atomic E-state index is 0.293. The van der Waals surface area contributed by atoms with Crippen LogP contribution < -0.4 is 5.32 Å². The van der Waals surface area contributed by atoms with Gasteiger partial charge in [0.2, 0.25) is 0 Å². The molecule has 0 aliphatic carbocycles. The van der Waals surface area contributed by atoms with E-state index in [0.717, 1.165) is 34.1 Å². The molecule has 0 atom stereocenters. The number of pyridine rings is 1. The lowest BCUT2D eigenvalue weighted by atomic mass is 10.1. The summed E-state index contributed by atoms with van der Waals surface area (Å²) < 4.78 is 6.94. The molecule has 3 aromatic rings. The summed E-state index contributed by atoms with van der Waals surface area (Å²) in [6.45, 7) is 2.61. The lowest BCUT2D eigenvalue weighted by Crippen LogP contribution is -2.24. The van der Waals surface area contributed by atoms with Crippen LogP contribution in [0.4, 0.5) is 4.79 Å². The van der Waals surface area contributed by atoms with E-state index in [0.29, 0.717) is 23.7 Å². The summed E-state index contributed by atoms with van der Waals surface area (Å²) in [6.07, 6.45) is 3.69. The SMILES string of the molecule is CCCOC(=O)NCc1cncc(-c2c(C#N)c3ccc(Cl)cc3n2C)c1. The summed E-state index contributed by atoms with van der Waals surface area (Å²) in [4.78, 5) is 15.9. The van der Waals surface area contributed by atoms with Crippen molar-refractivity contribution in [2.75, 3.05) is 6.61 Å². The third-order valence-corrected chi connectivity index (χ3v) is 4.45. The molecule has 0 spiro atoms. The molecule has 1 N–H and O–H groups in total. The highest BCUT2D eigenvalue weighted by atomic mass is 35.5. The van der Waals surface area contributed by atoms with Gasteiger partial charge in [0.15, 0.2) is 0 Å². The number of ether oxygens (including phenoxy) is 1. The maximum absolute atomic E-state index is 11.6. The number of hydrogen-bond donors (Lipinski definition) is 1. The van der Waals surface area contributed by atoms with Gasteiger partial charge < -0.3 is 14.6 Å². The Kier molecular flexibility index (Phi) is 5.63. The van der Waals surface area contributed by atoms with Crippen LogP contribution in [0.25, 0.3) is 22.2 Å². The molecule has 1 aromatic carbocycles. The van der Waals surface area contributed by atoms with Gasteiger partial charge in [-0.1, -0.05) is 18.5 Å². The number of nitrogens with one attached hydrogen (secondary N) is 1. The highest BCUT2D eigenvalue weighted by molar-refractivity contribution is 6.31. The number of carbonyl (C=O) groups excluding carboxylic acids is 1. The standard InChI is InChI=1S/C20H19ClN4O2/c1-3-6-27-20(26)24-11-13-7-14(12-23-10-13)19-17(9-22)16-5-4-15(21)8-18(16)25(19)2/h4-5,7-8,10,12H,3,6,11H2,1-2H3,(H,24,26). The van der Waals surface area contributed by atoms with Crippen molar-refractivity contribution >= 4 is 28.6 Å². The fraction of sp³-hybridized carbons (Fsp3) is 0.250. The Morgan fingerprint density at radius 1 is 1.37 bits per heavy atom. The molecule has 0 unspecified atom stereocenters. The molecule has 138 valence electrons. The molecule has 2 aromatic heterocycles. The molecule has 0 aliphatic heterocycles. The Morgan fingerprint density at radius 2 is 2.19 bits per heavy atom. The first-order chi connectivity index (χ1) is 13.0. The number of alkyl carbamates (subject to hydrolysis) is 1. The highest BCUT2D eigenvalue weighted by Crippen LogP contribution is 2.33. The third-order valence-electron chi connectivity index (χ3n) is 4.22. The quantitative estimate of drug-likeness (QED) is 0.709.